The SMILES string of the molecule is CC12CC3CC(C1)CC(C(=O)Nc1cccc(NC(=O)C45CC6CC(CC(C)(C6)C4)C5)c1)(C3)C2. The highest BCUT2D eigenvalue weighted by molar-refractivity contribution is 5.98. The summed E-state index contributed by atoms with van der Waals surface area (Å²) in [5.74, 6) is 3.33. The summed E-state index contributed by atoms with van der Waals surface area (Å²) in [5.41, 5.74) is 1.97. The molecule has 8 aliphatic carbocycles. The fourth-order valence-electron chi connectivity index (χ4n) is 11.2. The van der Waals surface area contributed by atoms with E-state index in [2.05, 4.69) is 24.5 Å². The van der Waals surface area contributed by atoms with Gasteiger partial charge in [-0.05, 0) is 130 Å². The number of nitrogens with one attached hydrogen (secondary N) is 2. The highest BCUT2D eigenvalue weighted by atomic mass is 16.2. The van der Waals surface area contributed by atoms with Crippen molar-refractivity contribution in [2.45, 2.75) is 90.9 Å². The Bertz CT molecular complexity index is 952. The van der Waals surface area contributed by atoms with Crippen molar-refractivity contribution < 1.29 is 9.59 Å². The first-order chi connectivity index (χ1) is 16.1. The number of hydrogen-bond acceptors (Lipinski definition) is 2. The molecule has 4 nitrogen and oxygen atoms in total. The Morgan fingerprint density at radius 2 is 1.06 bits per heavy atom. The predicted molar refractivity (Wildman–Crippen MR) is 134 cm³/mol. The van der Waals surface area contributed by atoms with Crippen molar-refractivity contribution in [1.29, 1.82) is 0 Å². The second-order valence-electron chi connectivity index (χ2n) is 14.6. The lowest BCUT2D eigenvalue weighted by atomic mass is 9.44. The van der Waals surface area contributed by atoms with Crippen LogP contribution in [0.15, 0.2) is 24.3 Å². The summed E-state index contributed by atoms with van der Waals surface area (Å²) in [6, 6.07) is 7.89. The highest BCUT2D eigenvalue weighted by Gasteiger charge is 2.60. The number of carbonyl (C=O) groups is 2. The summed E-state index contributed by atoms with van der Waals surface area (Å²) in [7, 11) is 0. The number of rotatable bonds is 4. The third kappa shape index (κ3) is 3.30. The standard InChI is InChI=1S/C30H40N2O2/c1-27-9-19-6-20(10-27)14-29(13-19,17-27)25(33)31-23-4-3-5-24(8-23)32-26(34)30-15-21-7-22(16-30)12-28(2,11-21)18-30/h3-5,8,19-22H,6-7,9-18H2,1-2H3,(H,31,33)(H,32,34). The summed E-state index contributed by atoms with van der Waals surface area (Å²) < 4.78 is 0. The second-order valence-corrected chi connectivity index (χ2v) is 14.6. The van der Waals surface area contributed by atoms with Crippen molar-refractivity contribution in [1.82, 2.24) is 0 Å². The topological polar surface area (TPSA) is 58.2 Å². The molecule has 4 unspecified atom stereocenters. The van der Waals surface area contributed by atoms with Crippen molar-refractivity contribution in [2.24, 2.45) is 45.3 Å². The van der Waals surface area contributed by atoms with Crippen LogP contribution in [0.4, 0.5) is 11.4 Å². The number of hydrogen-bond donors (Lipinski definition) is 2. The fraction of sp³-hybridized carbons (Fsp3) is 0.733. The molecule has 8 saturated carbocycles. The number of benzene rings is 1. The third-order valence-corrected chi connectivity index (χ3v) is 11.0. The molecule has 2 amide bonds. The minimum Gasteiger partial charge on any atom is -0.326 e. The Morgan fingerprint density at radius 3 is 1.41 bits per heavy atom. The van der Waals surface area contributed by atoms with Gasteiger partial charge in [0.1, 0.15) is 0 Å². The van der Waals surface area contributed by atoms with Crippen LogP contribution in [0.25, 0.3) is 0 Å². The number of anilines is 2. The summed E-state index contributed by atoms with van der Waals surface area (Å²) in [4.78, 5) is 27.2. The summed E-state index contributed by atoms with van der Waals surface area (Å²) >= 11 is 0. The van der Waals surface area contributed by atoms with Crippen LogP contribution < -0.4 is 10.6 Å². The molecule has 8 fully saturated rings. The molecule has 0 spiro atoms. The largest absolute Gasteiger partial charge is 0.326 e. The van der Waals surface area contributed by atoms with Crippen LogP contribution >= 0.6 is 0 Å². The minimum atomic E-state index is -0.188. The zero-order valence-corrected chi connectivity index (χ0v) is 20.9. The summed E-state index contributed by atoms with van der Waals surface area (Å²) in [6.45, 7) is 4.82. The van der Waals surface area contributed by atoms with Crippen LogP contribution in [0.1, 0.15) is 90.9 Å². The minimum absolute atomic E-state index is 0.188. The zero-order chi connectivity index (χ0) is 23.3. The van der Waals surface area contributed by atoms with Gasteiger partial charge >= 0.3 is 0 Å². The Kier molecular flexibility index (Phi) is 4.34. The van der Waals surface area contributed by atoms with Crippen LogP contribution in [0, 0.1) is 45.3 Å². The fourth-order valence-corrected chi connectivity index (χ4v) is 11.2. The van der Waals surface area contributed by atoms with E-state index in [0.717, 1.165) is 73.6 Å². The summed E-state index contributed by atoms with van der Waals surface area (Å²) in [5, 5.41) is 6.56. The first-order valence-corrected chi connectivity index (χ1v) is 13.9. The molecule has 0 saturated heterocycles. The van der Waals surface area contributed by atoms with Crippen molar-refractivity contribution in [3.63, 3.8) is 0 Å². The molecule has 9 rings (SSSR count). The van der Waals surface area contributed by atoms with Gasteiger partial charge in [0.2, 0.25) is 11.8 Å². The van der Waals surface area contributed by atoms with E-state index in [1.807, 2.05) is 24.3 Å². The maximum atomic E-state index is 13.6. The molecule has 0 aliphatic heterocycles. The molecule has 1 aromatic carbocycles. The average Bonchev–Trinajstić information content (AvgIpc) is 2.70. The van der Waals surface area contributed by atoms with Gasteiger partial charge in [0.05, 0.1) is 10.8 Å². The van der Waals surface area contributed by atoms with E-state index < -0.39 is 0 Å². The quantitative estimate of drug-likeness (QED) is 0.520. The molecule has 1 aromatic rings. The third-order valence-electron chi connectivity index (χ3n) is 11.0. The summed E-state index contributed by atoms with van der Waals surface area (Å²) in [6.07, 6.45) is 14.2. The molecular weight excluding hydrogens is 420 g/mol. The molecule has 4 heteroatoms. The zero-order valence-electron chi connectivity index (χ0n) is 20.9. The van der Waals surface area contributed by atoms with Gasteiger partial charge in [-0.15, -0.1) is 0 Å². The van der Waals surface area contributed by atoms with Gasteiger partial charge in [0, 0.05) is 11.4 Å². The average molecular weight is 461 g/mol. The monoisotopic (exact) mass is 460 g/mol. The molecule has 8 aliphatic rings. The van der Waals surface area contributed by atoms with Gasteiger partial charge in [-0.25, -0.2) is 0 Å². The maximum Gasteiger partial charge on any atom is 0.230 e. The molecule has 4 atom stereocenters. The molecule has 0 heterocycles. The van der Waals surface area contributed by atoms with E-state index in [9.17, 15) is 9.59 Å². The lowest BCUT2D eigenvalue weighted by Crippen LogP contribution is -2.55. The highest BCUT2D eigenvalue weighted by Crippen LogP contribution is 2.66. The van der Waals surface area contributed by atoms with E-state index in [1.165, 1.54) is 38.5 Å². The maximum absolute atomic E-state index is 13.6. The molecule has 0 radical (unpaired) electrons. The second kappa shape index (κ2) is 6.89. The van der Waals surface area contributed by atoms with Gasteiger partial charge in [0.25, 0.3) is 0 Å². The van der Waals surface area contributed by atoms with Gasteiger partial charge in [-0.2, -0.15) is 0 Å². The molecule has 2 N–H and O–H groups in total. The van der Waals surface area contributed by atoms with Gasteiger partial charge in [-0.1, -0.05) is 19.9 Å². The van der Waals surface area contributed by atoms with E-state index in [-0.39, 0.29) is 22.6 Å². The van der Waals surface area contributed by atoms with Crippen molar-refractivity contribution >= 4 is 23.2 Å². The normalized spacial score (nSPS) is 47.6. The Labute approximate surface area is 204 Å². The van der Waals surface area contributed by atoms with E-state index >= 15 is 0 Å². The van der Waals surface area contributed by atoms with Crippen LogP contribution in [0.3, 0.4) is 0 Å². The van der Waals surface area contributed by atoms with E-state index in [4.69, 9.17) is 0 Å². The van der Waals surface area contributed by atoms with Crippen molar-refractivity contribution in [2.75, 3.05) is 10.6 Å². The lowest BCUT2D eigenvalue weighted by Gasteiger charge is -2.60. The molecule has 0 aromatic heterocycles. The van der Waals surface area contributed by atoms with E-state index in [1.54, 1.807) is 0 Å². The first kappa shape index (κ1) is 21.4. The van der Waals surface area contributed by atoms with Crippen molar-refractivity contribution in [3.8, 4) is 0 Å². The van der Waals surface area contributed by atoms with Crippen LogP contribution in [-0.4, -0.2) is 11.8 Å². The Balaban J connectivity index is 1.07. The van der Waals surface area contributed by atoms with Crippen LogP contribution in [-0.2, 0) is 9.59 Å². The van der Waals surface area contributed by atoms with Gasteiger partial charge < -0.3 is 10.6 Å². The number of carbonyl (C=O) groups excluding carboxylic acids is 2. The van der Waals surface area contributed by atoms with Crippen LogP contribution in [0.2, 0.25) is 0 Å². The lowest BCUT2D eigenvalue weighted by molar-refractivity contribution is -0.150. The predicted octanol–water partition coefficient (Wildman–Crippen LogP) is 6.78. The van der Waals surface area contributed by atoms with Crippen molar-refractivity contribution in [3.05, 3.63) is 24.3 Å². The number of amides is 2. The Hall–Kier alpha value is -1.84. The molecular formula is C30H40N2O2. The van der Waals surface area contributed by atoms with Gasteiger partial charge in [-0.3, -0.25) is 9.59 Å². The molecule has 34 heavy (non-hydrogen) atoms. The molecule has 182 valence electrons. The van der Waals surface area contributed by atoms with E-state index in [0.29, 0.717) is 10.8 Å². The van der Waals surface area contributed by atoms with Gasteiger partial charge in [0.15, 0.2) is 0 Å². The Morgan fingerprint density at radius 1 is 0.676 bits per heavy atom. The first-order valence-electron chi connectivity index (χ1n) is 13.9. The van der Waals surface area contributed by atoms with Crippen LogP contribution in [0.5, 0.6) is 0 Å². The molecule has 8 bridgehead atoms. The smallest absolute Gasteiger partial charge is 0.230 e.